The topological polar surface area (TPSA) is 26.0 Å². The third kappa shape index (κ3) is 1.52. The second-order valence-corrected chi connectivity index (χ2v) is 4.46. The number of rotatable bonds is 2. The van der Waals surface area contributed by atoms with Gasteiger partial charge in [-0.2, -0.15) is 0 Å². The molecule has 0 bridgehead atoms. The summed E-state index contributed by atoms with van der Waals surface area (Å²) in [5.74, 6) is 0. The minimum Gasteiger partial charge on any atom is -0.399 e. The molecule has 0 spiro atoms. The van der Waals surface area contributed by atoms with Gasteiger partial charge in [-0.3, -0.25) is 0 Å². The van der Waals surface area contributed by atoms with E-state index in [-0.39, 0.29) is 0 Å². The van der Waals surface area contributed by atoms with Crippen molar-refractivity contribution in [2.45, 2.75) is 44.4 Å². The molecule has 1 saturated carbocycles. The molecule has 1 aliphatic carbocycles. The lowest BCUT2D eigenvalue weighted by atomic mass is 9.77. The van der Waals surface area contributed by atoms with Crippen molar-refractivity contribution in [3.63, 3.8) is 0 Å². The molecular formula is C13H19N. The van der Waals surface area contributed by atoms with Gasteiger partial charge in [0.25, 0.3) is 0 Å². The molecule has 1 aromatic carbocycles. The first-order chi connectivity index (χ1) is 6.77. The lowest BCUT2D eigenvalue weighted by Gasteiger charge is -2.28. The molecule has 0 aromatic heterocycles. The summed E-state index contributed by atoms with van der Waals surface area (Å²) < 4.78 is 0. The van der Waals surface area contributed by atoms with Gasteiger partial charge in [-0.15, -0.1) is 0 Å². The molecule has 2 rings (SSSR count). The number of benzene rings is 1. The second-order valence-electron chi connectivity index (χ2n) is 4.46. The molecule has 0 unspecified atom stereocenters. The maximum Gasteiger partial charge on any atom is 0.0314 e. The van der Waals surface area contributed by atoms with Gasteiger partial charge in [0.05, 0.1) is 0 Å². The van der Waals surface area contributed by atoms with E-state index in [0.29, 0.717) is 5.41 Å². The van der Waals surface area contributed by atoms with Gasteiger partial charge in [0, 0.05) is 5.69 Å². The molecule has 1 nitrogen and oxygen atoms in total. The van der Waals surface area contributed by atoms with Crippen LogP contribution in [0.25, 0.3) is 0 Å². The number of hydrogen-bond acceptors (Lipinski definition) is 1. The summed E-state index contributed by atoms with van der Waals surface area (Å²) in [5.41, 5.74) is 8.54. The smallest absolute Gasteiger partial charge is 0.0314 e. The first kappa shape index (κ1) is 9.57. The maximum atomic E-state index is 5.71. The maximum absolute atomic E-state index is 5.71. The molecule has 14 heavy (non-hydrogen) atoms. The Labute approximate surface area is 86.3 Å². The van der Waals surface area contributed by atoms with Gasteiger partial charge in [-0.25, -0.2) is 0 Å². The van der Waals surface area contributed by atoms with Crippen LogP contribution in [0.5, 0.6) is 0 Å². The van der Waals surface area contributed by atoms with Crippen LogP contribution in [-0.2, 0) is 5.41 Å². The van der Waals surface area contributed by atoms with Crippen molar-refractivity contribution in [1.29, 1.82) is 0 Å². The molecule has 0 radical (unpaired) electrons. The average molecular weight is 189 g/mol. The molecule has 0 aliphatic heterocycles. The van der Waals surface area contributed by atoms with Crippen LogP contribution in [0.4, 0.5) is 5.69 Å². The summed E-state index contributed by atoms with van der Waals surface area (Å²) in [7, 11) is 0. The van der Waals surface area contributed by atoms with Crippen LogP contribution in [0.3, 0.4) is 0 Å². The van der Waals surface area contributed by atoms with E-state index >= 15 is 0 Å². The molecule has 0 heterocycles. The first-order valence-corrected chi connectivity index (χ1v) is 5.63. The van der Waals surface area contributed by atoms with E-state index in [1.54, 1.807) is 0 Å². The highest BCUT2D eigenvalue weighted by atomic mass is 14.5. The van der Waals surface area contributed by atoms with Crippen LogP contribution in [0.15, 0.2) is 24.3 Å². The zero-order valence-corrected chi connectivity index (χ0v) is 8.92. The fraction of sp³-hybridized carbons (Fsp3) is 0.538. The van der Waals surface area contributed by atoms with Gasteiger partial charge in [0.2, 0.25) is 0 Å². The van der Waals surface area contributed by atoms with Crippen LogP contribution < -0.4 is 5.73 Å². The van der Waals surface area contributed by atoms with Crippen molar-refractivity contribution >= 4 is 5.69 Å². The molecule has 1 fully saturated rings. The van der Waals surface area contributed by atoms with Gasteiger partial charge in [-0.1, -0.05) is 31.9 Å². The van der Waals surface area contributed by atoms with Crippen molar-refractivity contribution in [2.24, 2.45) is 0 Å². The predicted molar refractivity (Wildman–Crippen MR) is 61.3 cm³/mol. The molecule has 1 aliphatic rings. The summed E-state index contributed by atoms with van der Waals surface area (Å²) in [6, 6.07) is 8.49. The number of hydrogen-bond donors (Lipinski definition) is 1. The SMILES string of the molecule is CCC1(c2ccc(N)cc2)CCCC1. The third-order valence-electron chi connectivity index (χ3n) is 3.76. The van der Waals surface area contributed by atoms with E-state index in [0.717, 1.165) is 5.69 Å². The van der Waals surface area contributed by atoms with E-state index in [9.17, 15) is 0 Å². The first-order valence-electron chi connectivity index (χ1n) is 5.63. The van der Waals surface area contributed by atoms with E-state index in [2.05, 4.69) is 19.1 Å². The quantitative estimate of drug-likeness (QED) is 0.708. The number of nitrogen functional groups attached to an aromatic ring is 1. The van der Waals surface area contributed by atoms with Gasteiger partial charge in [-0.05, 0) is 42.4 Å². The second kappa shape index (κ2) is 3.64. The molecular weight excluding hydrogens is 170 g/mol. The molecule has 1 aromatic rings. The fourth-order valence-corrected chi connectivity index (χ4v) is 2.73. The van der Waals surface area contributed by atoms with E-state index < -0.39 is 0 Å². The fourth-order valence-electron chi connectivity index (χ4n) is 2.73. The van der Waals surface area contributed by atoms with Crippen molar-refractivity contribution in [3.8, 4) is 0 Å². The van der Waals surface area contributed by atoms with E-state index in [4.69, 9.17) is 5.73 Å². The predicted octanol–water partition coefficient (Wildman–Crippen LogP) is 3.49. The van der Waals surface area contributed by atoms with Gasteiger partial charge < -0.3 is 5.73 Å². The molecule has 2 N–H and O–H groups in total. The van der Waals surface area contributed by atoms with Crippen molar-refractivity contribution in [2.75, 3.05) is 5.73 Å². The van der Waals surface area contributed by atoms with Crippen molar-refractivity contribution in [1.82, 2.24) is 0 Å². The van der Waals surface area contributed by atoms with Gasteiger partial charge in [0.15, 0.2) is 0 Å². The Morgan fingerprint density at radius 1 is 1.14 bits per heavy atom. The average Bonchev–Trinajstić information content (AvgIpc) is 2.68. The minimum absolute atomic E-state index is 0.466. The highest BCUT2D eigenvalue weighted by molar-refractivity contribution is 5.41. The summed E-state index contributed by atoms with van der Waals surface area (Å²) in [6.07, 6.45) is 6.74. The monoisotopic (exact) mass is 189 g/mol. The van der Waals surface area contributed by atoms with Gasteiger partial charge >= 0.3 is 0 Å². The number of nitrogens with two attached hydrogens (primary N) is 1. The molecule has 0 atom stereocenters. The Morgan fingerprint density at radius 2 is 1.71 bits per heavy atom. The Bertz CT molecular complexity index is 294. The standard InChI is InChI=1S/C13H19N/c1-2-13(9-3-4-10-13)11-5-7-12(14)8-6-11/h5-8H,2-4,9-10,14H2,1H3. The molecule has 0 amide bonds. The summed E-state index contributed by atoms with van der Waals surface area (Å²) in [5, 5.41) is 0. The number of anilines is 1. The zero-order chi connectivity index (χ0) is 10.0. The van der Waals surface area contributed by atoms with E-state index in [1.165, 1.54) is 37.7 Å². The van der Waals surface area contributed by atoms with Crippen LogP contribution in [-0.4, -0.2) is 0 Å². The lowest BCUT2D eigenvalue weighted by Crippen LogP contribution is -2.20. The minimum atomic E-state index is 0.466. The lowest BCUT2D eigenvalue weighted by molar-refractivity contribution is 0.425. The van der Waals surface area contributed by atoms with Crippen LogP contribution >= 0.6 is 0 Å². The summed E-state index contributed by atoms with van der Waals surface area (Å²) in [4.78, 5) is 0. The largest absolute Gasteiger partial charge is 0.399 e. The Kier molecular flexibility index (Phi) is 2.49. The van der Waals surface area contributed by atoms with E-state index in [1.807, 2.05) is 12.1 Å². The van der Waals surface area contributed by atoms with Crippen molar-refractivity contribution < 1.29 is 0 Å². The third-order valence-corrected chi connectivity index (χ3v) is 3.76. The molecule has 0 saturated heterocycles. The van der Waals surface area contributed by atoms with Crippen LogP contribution in [0.1, 0.15) is 44.6 Å². The molecule has 76 valence electrons. The zero-order valence-electron chi connectivity index (χ0n) is 8.92. The highest BCUT2D eigenvalue weighted by Crippen LogP contribution is 2.43. The van der Waals surface area contributed by atoms with Crippen molar-refractivity contribution in [3.05, 3.63) is 29.8 Å². The normalized spacial score (nSPS) is 19.8. The Morgan fingerprint density at radius 3 is 2.21 bits per heavy atom. The Hall–Kier alpha value is -0.980. The molecule has 1 heteroatoms. The van der Waals surface area contributed by atoms with Gasteiger partial charge in [0.1, 0.15) is 0 Å². The van der Waals surface area contributed by atoms with Crippen LogP contribution in [0.2, 0.25) is 0 Å². The summed E-state index contributed by atoms with van der Waals surface area (Å²) >= 11 is 0. The highest BCUT2D eigenvalue weighted by Gasteiger charge is 2.33. The van der Waals surface area contributed by atoms with Crippen LogP contribution in [0, 0.1) is 0 Å². The summed E-state index contributed by atoms with van der Waals surface area (Å²) in [6.45, 7) is 2.31. The Balaban J connectivity index is 2.31.